The van der Waals surface area contributed by atoms with E-state index >= 15 is 0 Å². The van der Waals surface area contributed by atoms with Crippen LogP contribution in [0.25, 0.3) is 0 Å². The van der Waals surface area contributed by atoms with Crippen molar-refractivity contribution < 1.29 is 14.7 Å². The number of aromatic carboxylic acids is 1. The predicted octanol–water partition coefficient (Wildman–Crippen LogP) is 1.88. The average Bonchev–Trinajstić information content (AvgIpc) is 2.95. The average molecular weight is 316 g/mol. The van der Waals surface area contributed by atoms with Crippen LogP contribution in [0.1, 0.15) is 42.4 Å². The molecule has 122 valence electrons. The zero-order chi connectivity index (χ0) is 16.8. The fraction of sp³-hybridized carbons (Fsp3) is 0.375. The molecule has 7 heteroatoms. The van der Waals surface area contributed by atoms with Gasteiger partial charge in [0.05, 0.1) is 12.2 Å². The van der Waals surface area contributed by atoms with E-state index in [0.29, 0.717) is 5.92 Å². The number of carboxylic acid groups (broad SMARTS) is 1. The molecule has 1 unspecified atom stereocenters. The van der Waals surface area contributed by atoms with Gasteiger partial charge in [0, 0.05) is 0 Å². The van der Waals surface area contributed by atoms with E-state index in [0.717, 1.165) is 12.0 Å². The van der Waals surface area contributed by atoms with Gasteiger partial charge in [0.1, 0.15) is 6.54 Å². The number of amides is 1. The lowest BCUT2D eigenvalue weighted by Crippen LogP contribution is -2.32. The molecule has 1 heterocycles. The second kappa shape index (κ2) is 7.53. The Kier molecular flexibility index (Phi) is 5.46. The highest BCUT2D eigenvalue weighted by Gasteiger charge is 2.17. The quantitative estimate of drug-likeness (QED) is 0.813. The molecule has 1 amide bonds. The number of nitrogens with zero attached hydrogens (tertiary/aromatic N) is 3. The van der Waals surface area contributed by atoms with Gasteiger partial charge in [-0.3, -0.25) is 4.79 Å². The highest BCUT2D eigenvalue weighted by atomic mass is 16.4. The summed E-state index contributed by atoms with van der Waals surface area (Å²) in [6.07, 6.45) is 2.05. The number of hydrogen-bond acceptors (Lipinski definition) is 4. The molecule has 0 aliphatic carbocycles. The Bertz CT molecular complexity index is 667. The van der Waals surface area contributed by atoms with Gasteiger partial charge in [-0.15, -0.1) is 5.10 Å². The maximum absolute atomic E-state index is 12.2. The van der Waals surface area contributed by atoms with Crippen molar-refractivity contribution in [2.75, 3.05) is 0 Å². The zero-order valence-corrected chi connectivity index (χ0v) is 13.1. The number of carbonyl (C=O) groups is 2. The van der Waals surface area contributed by atoms with Crippen molar-refractivity contribution in [3.8, 4) is 0 Å². The minimum atomic E-state index is -1.17. The molecule has 0 aliphatic heterocycles. The first kappa shape index (κ1) is 16.7. The van der Waals surface area contributed by atoms with Gasteiger partial charge in [0.2, 0.25) is 5.91 Å². The van der Waals surface area contributed by atoms with Gasteiger partial charge < -0.3 is 10.4 Å². The first-order chi connectivity index (χ1) is 11.0. The summed E-state index contributed by atoms with van der Waals surface area (Å²) in [6, 6.07) is 9.67. The summed E-state index contributed by atoms with van der Waals surface area (Å²) in [5, 5.41) is 18.9. The Morgan fingerprint density at radius 2 is 1.96 bits per heavy atom. The number of rotatable bonds is 7. The van der Waals surface area contributed by atoms with Crippen LogP contribution in [-0.4, -0.2) is 32.0 Å². The van der Waals surface area contributed by atoms with Crippen molar-refractivity contribution in [1.82, 2.24) is 20.3 Å². The van der Waals surface area contributed by atoms with Crippen LogP contribution in [0.4, 0.5) is 0 Å². The molecular weight excluding hydrogens is 296 g/mol. The maximum Gasteiger partial charge on any atom is 0.358 e. The van der Waals surface area contributed by atoms with Crippen LogP contribution in [0.15, 0.2) is 36.5 Å². The van der Waals surface area contributed by atoms with Crippen LogP contribution in [0.3, 0.4) is 0 Å². The predicted molar refractivity (Wildman–Crippen MR) is 83.8 cm³/mol. The van der Waals surface area contributed by atoms with E-state index in [1.807, 2.05) is 30.3 Å². The SMILES string of the molecule is CC(C)CC(NC(=O)Cn1cc(C(=O)O)nn1)c1ccccc1. The molecular formula is C16H20N4O3. The Balaban J connectivity index is 2.03. The second-order valence-electron chi connectivity index (χ2n) is 5.77. The Hall–Kier alpha value is -2.70. The van der Waals surface area contributed by atoms with Gasteiger partial charge in [0.25, 0.3) is 0 Å². The van der Waals surface area contributed by atoms with Crippen LogP contribution >= 0.6 is 0 Å². The molecule has 0 spiro atoms. The van der Waals surface area contributed by atoms with Gasteiger partial charge in [-0.05, 0) is 17.9 Å². The fourth-order valence-electron chi connectivity index (χ4n) is 2.30. The molecule has 1 atom stereocenters. The summed E-state index contributed by atoms with van der Waals surface area (Å²) in [4.78, 5) is 23.0. The normalized spacial score (nSPS) is 12.1. The Labute approximate surface area is 134 Å². The van der Waals surface area contributed by atoms with Crippen molar-refractivity contribution in [2.24, 2.45) is 5.92 Å². The third-order valence-corrected chi connectivity index (χ3v) is 3.31. The van der Waals surface area contributed by atoms with Gasteiger partial charge >= 0.3 is 5.97 Å². The molecule has 0 radical (unpaired) electrons. The number of carboxylic acids is 1. The minimum Gasteiger partial charge on any atom is -0.476 e. The highest BCUT2D eigenvalue weighted by Crippen LogP contribution is 2.20. The molecule has 1 aromatic heterocycles. The van der Waals surface area contributed by atoms with Crippen molar-refractivity contribution in [2.45, 2.75) is 32.9 Å². The van der Waals surface area contributed by atoms with E-state index < -0.39 is 5.97 Å². The van der Waals surface area contributed by atoms with Gasteiger partial charge in [0.15, 0.2) is 5.69 Å². The first-order valence-corrected chi connectivity index (χ1v) is 7.43. The summed E-state index contributed by atoms with van der Waals surface area (Å²) in [5.74, 6) is -0.981. The second-order valence-corrected chi connectivity index (χ2v) is 5.77. The van der Waals surface area contributed by atoms with Crippen molar-refractivity contribution in [3.05, 3.63) is 47.8 Å². The number of benzene rings is 1. The van der Waals surface area contributed by atoms with E-state index in [1.165, 1.54) is 10.9 Å². The minimum absolute atomic E-state index is 0.0677. The third-order valence-electron chi connectivity index (χ3n) is 3.31. The molecule has 23 heavy (non-hydrogen) atoms. The maximum atomic E-state index is 12.2. The van der Waals surface area contributed by atoms with E-state index in [1.54, 1.807) is 0 Å². The number of nitrogens with one attached hydrogen (secondary N) is 1. The summed E-state index contributed by atoms with van der Waals surface area (Å²) >= 11 is 0. The molecule has 2 aromatic rings. The number of aromatic nitrogens is 3. The Morgan fingerprint density at radius 1 is 1.26 bits per heavy atom. The lowest BCUT2D eigenvalue weighted by atomic mass is 9.97. The molecule has 2 N–H and O–H groups in total. The molecule has 0 saturated carbocycles. The van der Waals surface area contributed by atoms with Gasteiger partial charge in [-0.1, -0.05) is 49.4 Å². The summed E-state index contributed by atoms with van der Waals surface area (Å²) in [5.41, 5.74) is 0.860. The molecule has 7 nitrogen and oxygen atoms in total. The van der Waals surface area contributed by atoms with Crippen LogP contribution in [0, 0.1) is 5.92 Å². The monoisotopic (exact) mass is 316 g/mol. The lowest BCUT2D eigenvalue weighted by molar-refractivity contribution is -0.122. The van der Waals surface area contributed by atoms with Crippen molar-refractivity contribution in [1.29, 1.82) is 0 Å². The van der Waals surface area contributed by atoms with Crippen LogP contribution < -0.4 is 5.32 Å². The summed E-state index contributed by atoms with van der Waals surface area (Å²) < 4.78 is 1.22. The van der Waals surface area contributed by atoms with Crippen LogP contribution in [-0.2, 0) is 11.3 Å². The Morgan fingerprint density at radius 3 is 2.52 bits per heavy atom. The van der Waals surface area contributed by atoms with E-state index in [9.17, 15) is 9.59 Å². The van der Waals surface area contributed by atoms with Gasteiger partial charge in [-0.2, -0.15) is 0 Å². The smallest absolute Gasteiger partial charge is 0.358 e. The highest BCUT2D eigenvalue weighted by molar-refractivity contribution is 5.84. The molecule has 0 bridgehead atoms. The molecule has 0 saturated heterocycles. The topological polar surface area (TPSA) is 97.1 Å². The van der Waals surface area contributed by atoms with Crippen molar-refractivity contribution in [3.63, 3.8) is 0 Å². The molecule has 1 aromatic carbocycles. The zero-order valence-electron chi connectivity index (χ0n) is 13.1. The van der Waals surface area contributed by atoms with Crippen molar-refractivity contribution >= 4 is 11.9 Å². The fourth-order valence-corrected chi connectivity index (χ4v) is 2.30. The lowest BCUT2D eigenvalue weighted by Gasteiger charge is -2.21. The standard InChI is InChI=1S/C16H20N4O3/c1-11(2)8-13(12-6-4-3-5-7-12)17-15(21)10-20-9-14(16(22)23)18-19-20/h3-7,9,11,13H,8,10H2,1-2H3,(H,17,21)(H,22,23). The largest absolute Gasteiger partial charge is 0.476 e. The van der Waals surface area contributed by atoms with Crippen LogP contribution in [0.5, 0.6) is 0 Å². The summed E-state index contributed by atoms with van der Waals surface area (Å²) in [7, 11) is 0. The third kappa shape index (κ3) is 4.91. The number of carbonyl (C=O) groups excluding carboxylic acids is 1. The van der Waals surface area contributed by atoms with E-state index in [-0.39, 0.29) is 24.2 Å². The molecule has 2 rings (SSSR count). The molecule has 0 fully saturated rings. The van der Waals surface area contributed by atoms with E-state index in [2.05, 4.69) is 29.5 Å². The van der Waals surface area contributed by atoms with Crippen LogP contribution in [0.2, 0.25) is 0 Å². The summed E-state index contributed by atoms with van der Waals surface area (Å²) in [6.45, 7) is 4.12. The number of hydrogen-bond donors (Lipinski definition) is 2. The van der Waals surface area contributed by atoms with E-state index in [4.69, 9.17) is 5.11 Å². The molecule has 0 aliphatic rings. The van der Waals surface area contributed by atoms with Gasteiger partial charge in [-0.25, -0.2) is 9.48 Å². The first-order valence-electron chi connectivity index (χ1n) is 7.43.